The monoisotopic (exact) mass is 502 g/mol. The molecule has 1 aromatic heterocycles. The zero-order valence-electron chi connectivity index (χ0n) is 21.4. The predicted molar refractivity (Wildman–Crippen MR) is 142 cm³/mol. The van der Waals surface area contributed by atoms with E-state index in [0.29, 0.717) is 52.6 Å². The van der Waals surface area contributed by atoms with E-state index in [-0.39, 0.29) is 18.0 Å². The van der Waals surface area contributed by atoms with Crippen LogP contribution >= 0.6 is 0 Å². The van der Waals surface area contributed by atoms with Crippen molar-refractivity contribution in [2.45, 2.75) is 13.0 Å². The fraction of sp³-hybridized carbons (Fsp3) is 0.241. The lowest BCUT2D eigenvalue weighted by atomic mass is 10.1. The number of aromatic amines is 1. The number of pyridine rings is 1. The highest BCUT2D eigenvalue weighted by molar-refractivity contribution is 5.94. The summed E-state index contributed by atoms with van der Waals surface area (Å²) in [5.41, 5.74) is 2.38. The number of rotatable bonds is 10. The average Bonchev–Trinajstić information content (AvgIpc) is 2.94. The number of benzene rings is 3. The van der Waals surface area contributed by atoms with Gasteiger partial charge in [0.15, 0.2) is 11.5 Å². The van der Waals surface area contributed by atoms with Crippen LogP contribution in [0.25, 0.3) is 10.9 Å². The van der Waals surface area contributed by atoms with E-state index in [2.05, 4.69) is 4.98 Å². The predicted octanol–water partition coefficient (Wildman–Crippen LogP) is 4.45. The number of carbonyl (C=O) groups excluding carboxylic acids is 1. The normalized spacial score (nSPS) is 10.7. The Morgan fingerprint density at radius 1 is 0.811 bits per heavy atom. The molecule has 192 valence electrons. The van der Waals surface area contributed by atoms with E-state index >= 15 is 0 Å². The van der Waals surface area contributed by atoms with E-state index in [1.807, 2.05) is 24.3 Å². The van der Waals surface area contributed by atoms with Crippen molar-refractivity contribution in [3.63, 3.8) is 0 Å². The molecule has 0 aliphatic carbocycles. The van der Waals surface area contributed by atoms with E-state index in [9.17, 15) is 9.59 Å². The third kappa shape index (κ3) is 5.86. The summed E-state index contributed by atoms with van der Waals surface area (Å²) in [6.45, 7) is 0.507. The Morgan fingerprint density at radius 2 is 1.57 bits per heavy atom. The number of nitrogens with zero attached hydrogens (tertiary/aromatic N) is 1. The van der Waals surface area contributed by atoms with Crippen molar-refractivity contribution >= 4 is 16.8 Å². The van der Waals surface area contributed by atoms with Gasteiger partial charge in [0.25, 0.3) is 11.5 Å². The molecule has 0 aliphatic heterocycles. The van der Waals surface area contributed by atoms with Crippen LogP contribution in [0, 0.1) is 0 Å². The lowest BCUT2D eigenvalue weighted by Crippen LogP contribution is -2.34. The molecule has 4 rings (SSSR count). The summed E-state index contributed by atoms with van der Waals surface area (Å²) < 4.78 is 21.4. The van der Waals surface area contributed by atoms with Crippen molar-refractivity contribution in [3.05, 3.63) is 93.8 Å². The highest BCUT2D eigenvalue weighted by Crippen LogP contribution is 2.28. The minimum atomic E-state index is -0.243. The standard InChI is InChI=1S/C29H30N2O6/c1-34-23-7-5-6-20(16-23)29(33)31(13-12-19-8-11-26(36-3)27(14-19)37-4)18-22-15-21-17-24(35-2)9-10-25(21)30-28(22)32/h5-11,14-17H,12-13,18H2,1-4H3,(H,30,32). The van der Waals surface area contributed by atoms with Gasteiger partial charge in [-0.1, -0.05) is 12.1 Å². The maximum atomic E-state index is 13.6. The van der Waals surface area contributed by atoms with Crippen molar-refractivity contribution in [2.24, 2.45) is 0 Å². The van der Waals surface area contributed by atoms with Crippen LogP contribution in [0.3, 0.4) is 0 Å². The van der Waals surface area contributed by atoms with Crippen LogP contribution in [0.2, 0.25) is 0 Å². The largest absolute Gasteiger partial charge is 0.497 e. The number of aromatic nitrogens is 1. The van der Waals surface area contributed by atoms with Crippen LogP contribution in [0.5, 0.6) is 23.0 Å². The van der Waals surface area contributed by atoms with Gasteiger partial charge in [0, 0.05) is 28.6 Å². The number of fused-ring (bicyclic) bond motifs is 1. The number of carbonyl (C=O) groups is 1. The third-order valence-electron chi connectivity index (χ3n) is 6.21. The van der Waals surface area contributed by atoms with Crippen LogP contribution in [0.4, 0.5) is 0 Å². The van der Waals surface area contributed by atoms with Gasteiger partial charge in [-0.05, 0) is 66.6 Å². The molecule has 0 fully saturated rings. The van der Waals surface area contributed by atoms with Crippen LogP contribution in [-0.2, 0) is 13.0 Å². The molecule has 0 spiro atoms. The molecule has 0 atom stereocenters. The second-order valence-corrected chi connectivity index (χ2v) is 8.47. The Kier molecular flexibility index (Phi) is 7.98. The number of H-pyrrole nitrogens is 1. The molecule has 8 heteroatoms. The van der Waals surface area contributed by atoms with E-state index in [1.165, 1.54) is 0 Å². The van der Waals surface area contributed by atoms with Gasteiger partial charge < -0.3 is 28.8 Å². The summed E-state index contributed by atoms with van der Waals surface area (Å²) in [6, 6.07) is 19.9. The molecular formula is C29H30N2O6. The summed E-state index contributed by atoms with van der Waals surface area (Å²) in [7, 11) is 6.32. The van der Waals surface area contributed by atoms with Crippen LogP contribution in [0.1, 0.15) is 21.5 Å². The number of hydrogen-bond donors (Lipinski definition) is 1. The van der Waals surface area contributed by atoms with Gasteiger partial charge in [-0.25, -0.2) is 0 Å². The number of hydrogen-bond acceptors (Lipinski definition) is 6. The summed E-state index contributed by atoms with van der Waals surface area (Å²) in [4.78, 5) is 31.1. The Labute approximate surface area is 215 Å². The smallest absolute Gasteiger partial charge is 0.254 e. The Morgan fingerprint density at radius 3 is 2.30 bits per heavy atom. The lowest BCUT2D eigenvalue weighted by molar-refractivity contribution is 0.0744. The molecule has 1 N–H and O–H groups in total. The number of nitrogens with one attached hydrogen (secondary N) is 1. The number of ether oxygens (including phenoxy) is 4. The van der Waals surface area contributed by atoms with Gasteiger partial charge in [-0.15, -0.1) is 0 Å². The number of methoxy groups -OCH3 is 4. The SMILES string of the molecule is COc1cccc(C(=O)N(CCc2ccc(OC)c(OC)c2)Cc2cc3cc(OC)ccc3[nH]c2=O)c1. The number of amides is 1. The van der Waals surface area contributed by atoms with Crippen LogP contribution in [0.15, 0.2) is 71.5 Å². The fourth-order valence-electron chi connectivity index (χ4n) is 4.17. The van der Waals surface area contributed by atoms with Crippen molar-refractivity contribution in [3.8, 4) is 23.0 Å². The molecule has 0 saturated carbocycles. The minimum absolute atomic E-state index is 0.131. The van der Waals surface area contributed by atoms with Gasteiger partial charge in [-0.2, -0.15) is 0 Å². The van der Waals surface area contributed by atoms with Crippen molar-refractivity contribution in [1.29, 1.82) is 0 Å². The summed E-state index contributed by atoms with van der Waals surface area (Å²) in [5, 5.41) is 0.822. The molecule has 1 heterocycles. The Hall–Kier alpha value is -4.46. The third-order valence-corrected chi connectivity index (χ3v) is 6.21. The molecule has 3 aromatic carbocycles. The maximum Gasteiger partial charge on any atom is 0.254 e. The van der Waals surface area contributed by atoms with Gasteiger partial charge in [0.1, 0.15) is 11.5 Å². The Balaban J connectivity index is 1.66. The van der Waals surface area contributed by atoms with E-state index < -0.39 is 0 Å². The quantitative estimate of drug-likeness (QED) is 0.345. The highest BCUT2D eigenvalue weighted by atomic mass is 16.5. The molecule has 8 nitrogen and oxygen atoms in total. The van der Waals surface area contributed by atoms with Crippen molar-refractivity contribution in [2.75, 3.05) is 35.0 Å². The average molecular weight is 503 g/mol. The van der Waals surface area contributed by atoms with Gasteiger partial charge in [0.2, 0.25) is 0 Å². The first-order valence-electron chi connectivity index (χ1n) is 11.8. The first-order chi connectivity index (χ1) is 17.9. The maximum absolute atomic E-state index is 13.6. The van der Waals surface area contributed by atoms with Crippen molar-refractivity contribution < 1.29 is 23.7 Å². The van der Waals surface area contributed by atoms with Crippen LogP contribution < -0.4 is 24.5 Å². The lowest BCUT2D eigenvalue weighted by Gasteiger charge is -2.23. The highest BCUT2D eigenvalue weighted by Gasteiger charge is 2.19. The molecule has 0 saturated heterocycles. The second-order valence-electron chi connectivity index (χ2n) is 8.47. The van der Waals surface area contributed by atoms with Crippen LogP contribution in [-0.4, -0.2) is 50.8 Å². The topological polar surface area (TPSA) is 90.1 Å². The Bertz CT molecular complexity index is 1460. The van der Waals surface area contributed by atoms with Crippen molar-refractivity contribution in [1.82, 2.24) is 9.88 Å². The molecule has 0 radical (unpaired) electrons. The second kappa shape index (κ2) is 11.5. The molecular weight excluding hydrogens is 472 g/mol. The minimum Gasteiger partial charge on any atom is -0.497 e. The molecule has 0 unspecified atom stereocenters. The zero-order valence-corrected chi connectivity index (χ0v) is 21.4. The van der Waals surface area contributed by atoms with Gasteiger partial charge in [0.05, 0.1) is 35.0 Å². The molecule has 0 aliphatic rings. The summed E-state index contributed by atoms with van der Waals surface area (Å²) in [5.74, 6) is 2.31. The molecule has 4 aromatic rings. The first-order valence-corrected chi connectivity index (χ1v) is 11.8. The fourth-order valence-corrected chi connectivity index (χ4v) is 4.17. The first kappa shape index (κ1) is 25.6. The summed E-state index contributed by atoms with van der Waals surface area (Å²) >= 11 is 0. The molecule has 37 heavy (non-hydrogen) atoms. The van der Waals surface area contributed by atoms with E-state index in [4.69, 9.17) is 18.9 Å². The zero-order chi connectivity index (χ0) is 26.4. The molecule has 0 bridgehead atoms. The van der Waals surface area contributed by atoms with E-state index in [1.54, 1.807) is 75.8 Å². The summed E-state index contributed by atoms with van der Waals surface area (Å²) in [6.07, 6.45) is 0.551. The molecule has 1 amide bonds. The van der Waals surface area contributed by atoms with E-state index in [0.717, 1.165) is 10.9 Å². The van der Waals surface area contributed by atoms with Gasteiger partial charge in [-0.3, -0.25) is 9.59 Å². The van der Waals surface area contributed by atoms with Gasteiger partial charge >= 0.3 is 0 Å².